The molecule has 0 radical (unpaired) electrons. The molecule has 1 saturated carbocycles. The van der Waals surface area contributed by atoms with Gasteiger partial charge in [-0.15, -0.1) is 0 Å². The fourth-order valence-corrected chi connectivity index (χ4v) is 5.50. The molecule has 2 aliphatic heterocycles. The van der Waals surface area contributed by atoms with Crippen molar-refractivity contribution in [3.8, 4) is 0 Å². The maximum absolute atomic E-state index is 6.36. The first-order valence-electron chi connectivity index (χ1n) is 10.3. The minimum Gasteiger partial charge on any atom is -0.368 e. The van der Waals surface area contributed by atoms with Crippen LogP contribution in [0.3, 0.4) is 0 Å². The van der Waals surface area contributed by atoms with Gasteiger partial charge in [0.2, 0.25) is 0 Å². The third kappa shape index (κ3) is 4.32. The maximum Gasteiger partial charge on any atom is 0.0640 e. The molecule has 0 unspecified atom stereocenters. The number of rotatable bonds is 4. The number of hydrogen-bond acceptors (Lipinski definition) is 3. The van der Waals surface area contributed by atoms with Crippen molar-refractivity contribution in [2.45, 2.75) is 38.5 Å². The van der Waals surface area contributed by atoms with E-state index in [4.69, 9.17) is 23.2 Å². The van der Waals surface area contributed by atoms with Crippen molar-refractivity contribution in [3.63, 3.8) is 0 Å². The molecule has 3 nitrogen and oxygen atoms in total. The third-order valence-corrected chi connectivity index (χ3v) is 7.49. The summed E-state index contributed by atoms with van der Waals surface area (Å²) in [6, 6.07) is 5.75. The van der Waals surface area contributed by atoms with Gasteiger partial charge < -0.3 is 9.80 Å². The summed E-state index contributed by atoms with van der Waals surface area (Å²) in [4.78, 5) is 7.67. The molecule has 2 heterocycles. The predicted molar refractivity (Wildman–Crippen MR) is 112 cm³/mol. The molecule has 1 aromatic carbocycles. The van der Waals surface area contributed by atoms with Crippen LogP contribution in [0.2, 0.25) is 10.0 Å². The van der Waals surface area contributed by atoms with Gasteiger partial charge in [-0.25, -0.2) is 0 Å². The molecule has 3 aliphatic rings. The number of likely N-dealkylation sites (tertiary alicyclic amines) is 1. The molecule has 4 rings (SSSR count). The standard InChI is InChI=1S/C21H31Cl2N3/c22-18-3-4-19(23)20(17-18)26-15-13-25(14-16-26)12-11-24-9-7-21(8-10-24)5-1-2-6-21/h3-4,17H,1-2,5-16H2. The van der Waals surface area contributed by atoms with E-state index in [0.29, 0.717) is 0 Å². The van der Waals surface area contributed by atoms with Gasteiger partial charge in [0.25, 0.3) is 0 Å². The van der Waals surface area contributed by atoms with Crippen molar-refractivity contribution in [3.05, 3.63) is 28.2 Å². The second-order valence-corrected chi connectivity index (χ2v) is 9.32. The van der Waals surface area contributed by atoms with Crippen LogP contribution < -0.4 is 4.90 Å². The van der Waals surface area contributed by atoms with Crippen LogP contribution in [0, 0.1) is 5.41 Å². The molecule has 1 aromatic rings. The summed E-state index contributed by atoms with van der Waals surface area (Å²) in [6.45, 7) is 9.35. The summed E-state index contributed by atoms with van der Waals surface area (Å²) in [6.07, 6.45) is 8.81. The molecule has 3 fully saturated rings. The average molecular weight is 396 g/mol. The zero-order chi connectivity index (χ0) is 18.0. The SMILES string of the molecule is Clc1ccc(Cl)c(N2CCN(CCN3CCC4(CCCC4)CC3)CC2)c1. The molecule has 1 aliphatic carbocycles. The van der Waals surface area contributed by atoms with Gasteiger partial charge in [0.15, 0.2) is 0 Å². The molecular formula is C21H31Cl2N3. The Bertz CT molecular complexity index is 597. The molecule has 0 atom stereocenters. The van der Waals surface area contributed by atoms with Gasteiger partial charge in [-0.2, -0.15) is 0 Å². The number of anilines is 1. The van der Waals surface area contributed by atoms with E-state index in [1.807, 2.05) is 18.2 Å². The summed E-state index contributed by atoms with van der Waals surface area (Å²) in [5.74, 6) is 0. The molecule has 5 heteroatoms. The van der Waals surface area contributed by atoms with Crippen molar-refractivity contribution in [2.75, 3.05) is 57.3 Å². The van der Waals surface area contributed by atoms with Crippen LogP contribution in [0.1, 0.15) is 38.5 Å². The summed E-state index contributed by atoms with van der Waals surface area (Å²) in [7, 11) is 0. The van der Waals surface area contributed by atoms with Crippen LogP contribution in [-0.2, 0) is 0 Å². The van der Waals surface area contributed by atoms with Gasteiger partial charge in [-0.1, -0.05) is 36.0 Å². The van der Waals surface area contributed by atoms with Gasteiger partial charge in [-0.3, -0.25) is 4.90 Å². The Kier molecular flexibility index (Phi) is 5.99. The van der Waals surface area contributed by atoms with E-state index in [-0.39, 0.29) is 0 Å². The number of piperidine rings is 1. The lowest BCUT2D eigenvalue weighted by molar-refractivity contribution is 0.0968. The van der Waals surface area contributed by atoms with Crippen LogP contribution in [0.4, 0.5) is 5.69 Å². The first kappa shape index (κ1) is 18.9. The average Bonchev–Trinajstić information content (AvgIpc) is 3.12. The quantitative estimate of drug-likeness (QED) is 0.726. The number of benzene rings is 1. The van der Waals surface area contributed by atoms with E-state index in [1.54, 1.807) is 0 Å². The number of halogens is 2. The fourth-order valence-electron chi connectivity index (χ4n) is 5.10. The van der Waals surface area contributed by atoms with Crippen molar-refractivity contribution in [1.29, 1.82) is 0 Å². The van der Waals surface area contributed by atoms with E-state index in [0.717, 1.165) is 47.3 Å². The van der Waals surface area contributed by atoms with Crippen LogP contribution in [0.5, 0.6) is 0 Å². The molecule has 1 spiro atoms. The molecule has 144 valence electrons. The zero-order valence-corrected chi connectivity index (χ0v) is 17.2. The first-order chi connectivity index (χ1) is 12.6. The lowest BCUT2D eigenvalue weighted by Gasteiger charge is -2.41. The lowest BCUT2D eigenvalue weighted by Crippen LogP contribution is -2.49. The van der Waals surface area contributed by atoms with Crippen LogP contribution in [0.25, 0.3) is 0 Å². The first-order valence-corrected chi connectivity index (χ1v) is 11.0. The van der Waals surface area contributed by atoms with Gasteiger partial charge in [0.1, 0.15) is 0 Å². The van der Waals surface area contributed by atoms with E-state index < -0.39 is 0 Å². The number of piperazine rings is 1. The van der Waals surface area contributed by atoms with Crippen molar-refractivity contribution in [1.82, 2.24) is 9.80 Å². The Morgan fingerprint density at radius 2 is 1.38 bits per heavy atom. The minimum atomic E-state index is 0.734. The summed E-state index contributed by atoms with van der Waals surface area (Å²) >= 11 is 12.5. The minimum absolute atomic E-state index is 0.734. The van der Waals surface area contributed by atoms with Gasteiger partial charge in [0.05, 0.1) is 10.7 Å². The third-order valence-electron chi connectivity index (χ3n) is 6.93. The smallest absolute Gasteiger partial charge is 0.0640 e. The monoisotopic (exact) mass is 395 g/mol. The topological polar surface area (TPSA) is 9.72 Å². The summed E-state index contributed by atoms with van der Waals surface area (Å²) in [5, 5.41) is 1.56. The molecule has 0 N–H and O–H groups in total. The van der Waals surface area contributed by atoms with Crippen LogP contribution >= 0.6 is 23.2 Å². The molecule has 0 aromatic heterocycles. The Hall–Kier alpha value is -0.480. The van der Waals surface area contributed by atoms with Crippen LogP contribution in [0.15, 0.2) is 18.2 Å². The van der Waals surface area contributed by atoms with E-state index in [9.17, 15) is 0 Å². The highest BCUT2D eigenvalue weighted by atomic mass is 35.5. The van der Waals surface area contributed by atoms with Gasteiger partial charge in [-0.05, 0) is 62.4 Å². The Morgan fingerprint density at radius 1 is 0.769 bits per heavy atom. The Balaban J connectivity index is 1.20. The molecule has 0 amide bonds. The molecular weight excluding hydrogens is 365 g/mol. The van der Waals surface area contributed by atoms with E-state index in [2.05, 4.69) is 14.7 Å². The van der Waals surface area contributed by atoms with Crippen molar-refractivity contribution >= 4 is 28.9 Å². The second kappa shape index (κ2) is 8.26. The van der Waals surface area contributed by atoms with E-state index >= 15 is 0 Å². The lowest BCUT2D eigenvalue weighted by atomic mass is 9.77. The maximum atomic E-state index is 6.36. The predicted octanol–water partition coefficient (Wildman–Crippen LogP) is 4.77. The van der Waals surface area contributed by atoms with Gasteiger partial charge >= 0.3 is 0 Å². The Labute approximate surface area is 168 Å². The van der Waals surface area contributed by atoms with E-state index in [1.165, 1.54) is 64.7 Å². The van der Waals surface area contributed by atoms with Crippen molar-refractivity contribution in [2.24, 2.45) is 5.41 Å². The second-order valence-electron chi connectivity index (χ2n) is 8.47. The molecule has 2 saturated heterocycles. The fraction of sp³-hybridized carbons (Fsp3) is 0.714. The summed E-state index contributed by atoms with van der Waals surface area (Å²) < 4.78 is 0. The molecule has 26 heavy (non-hydrogen) atoms. The summed E-state index contributed by atoms with van der Waals surface area (Å²) in [5.41, 5.74) is 1.81. The van der Waals surface area contributed by atoms with Gasteiger partial charge in [0, 0.05) is 44.3 Å². The highest BCUT2D eigenvalue weighted by Crippen LogP contribution is 2.46. The Morgan fingerprint density at radius 3 is 2.04 bits per heavy atom. The molecule has 0 bridgehead atoms. The highest BCUT2D eigenvalue weighted by molar-refractivity contribution is 6.35. The normalized spacial score (nSPS) is 24.5. The zero-order valence-electron chi connectivity index (χ0n) is 15.7. The van der Waals surface area contributed by atoms with Crippen molar-refractivity contribution < 1.29 is 0 Å². The van der Waals surface area contributed by atoms with Crippen LogP contribution in [-0.4, -0.2) is 62.2 Å². The number of nitrogens with zero attached hydrogens (tertiary/aromatic N) is 3. The highest BCUT2D eigenvalue weighted by Gasteiger charge is 2.36. The number of hydrogen-bond donors (Lipinski definition) is 0. The largest absolute Gasteiger partial charge is 0.368 e.